The van der Waals surface area contributed by atoms with E-state index in [9.17, 15) is 4.79 Å². The van der Waals surface area contributed by atoms with Crippen LogP contribution in [0.1, 0.15) is 44.1 Å². The highest BCUT2D eigenvalue weighted by atomic mass is 16.1. The summed E-state index contributed by atoms with van der Waals surface area (Å²) >= 11 is 0. The molecule has 2 fully saturated rings. The van der Waals surface area contributed by atoms with Gasteiger partial charge in [0.1, 0.15) is 18.0 Å². The molecule has 0 spiro atoms. The van der Waals surface area contributed by atoms with Gasteiger partial charge >= 0.3 is 0 Å². The number of aryl methyl sites for hydroxylation is 1. The maximum atomic E-state index is 12.3. The Morgan fingerprint density at radius 1 is 1.21 bits per heavy atom. The van der Waals surface area contributed by atoms with Gasteiger partial charge in [0.2, 0.25) is 5.91 Å². The minimum Gasteiger partial charge on any atom is -0.367 e. The summed E-state index contributed by atoms with van der Waals surface area (Å²) in [6.07, 6.45) is 7.90. The zero-order valence-electron chi connectivity index (χ0n) is 16.5. The van der Waals surface area contributed by atoms with Crippen LogP contribution < -0.4 is 15.5 Å². The fourth-order valence-electron chi connectivity index (χ4n) is 3.83. The first-order chi connectivity index (χ1) is 13.7. The highest BCUT2D eigenvalue weighted by Crippen LogP contribution is 2.28. The summed E-state index contributed by atoms with van der Waals surface area (Å²) in [5, 5.41) is 6.46. The van der Waals surface area contributed by atoms with Gasteiger partial charge in [-0.05, 0) is 62.6 Å². The van der Waals surface area contributed by atoms with Crippen LogP contribution in [-0.4, -0.2) is 35.0 Å². The van der Waals surface area contributed by atoms with Gasteiger partial charge in [-0.1, -0.05) is 12.1 Å². The molecule has 6 nitrogen and oxygen atoms in total. The van der Waals surface area contributed by atoms with E-state index in [0.717, 1.165) is 48.8 Å². The molecule has 1 saturated carbocycles. The molecule has 2 aliphatic rings. The molecule has 6 heteroatoms. The maximum absolute atomic E-state index is 12.3. The first kappa shape index (κ1) is 18.7. The van der Waals surface area contributed by atoms with E-state index in [-0.39, 0.29) is 5.91 Å². The van der Waals surface area contributed by atoms with Crippen molar-refractivity contribution in [2.75, 3.05) is 28.6 Å². The topological polar surface area (TPSA) is 70.2 Å². The SMILES string of the molecule is Cc1cccc(NC(=O)CCC2CCCN(c3cc(NC4CC4)ncn3)C2)c1. The van der Waals surface area contributed by atoms with Gasteiger partial charge in [0, 0.05) is 37.3 Å². The molecule has 2 heterocycles. The molecular formula is C22H29N5O. The van der Waals surface area contributed by atoms with Crippen LogP contribution in [0.3, 0.4) is 0 Å². The van der Waals surface area contributed by atoms with Crippen LogP contribution in [0.5, 0.6) is 0 Å². The summed E-state index contributed by atoms with van der Waals surface area (Å²) in [5.41, 5.74) is 2.04. The Bertz CT molecular complexity index is 820. The summed E-state index contributed by atoms with van der Waals surface area (Å²) in [5.74, 6) is 2.53. The average molecular weight is 380 g/mol. The van der Waals surface area contributed by atoms with Crippen LogP contribution in [0, 0.1) is 12.8 Å². The van der Waals surface area contributed by atoms with Crippen molar-refractivity contribution < 1.29 is 4.79 Å². The minimum absolute atomic E-state index is 0.0979. The molecule has 1 amide bonds. The zero-order chi connectivity index (χ0) is 19.3. The lowest BCUT2D eigenvalue weighted by Gasteiger charge is -2.33. The lowest BCUT2D eigenvalue weighted by atomic mass is 9.93. The van der Waals surface area contributed by atoms with Crippen LogP contribution >= 0.6 is 0 Å². The van der Waals surface area contributed by atoms with Crippen molar-refractivity contribution in [1.29, 1.82) is 0 Å². The summed E-state index contributed by atoms with van der Waals surface area (Å²) in [6, 6.07) is 10.6. The fourth-order valence-corrected chi connectivity index (χ4v) is 3.83. The first-order valence-corrected chi connectivity index (χ1v) is 10.4. The maximum Gasteiger partial charge on any atom is 0.224 e. The fraction of sp³-hybridized carbons (Fsp3) is 0.500. The highest BCUT2D eigenvalue weighted by Gasteiger charge is 2.24. The molecule has 1 saturated heterocycles. The molecule has 1 aliphatic carbocycles. The molecule has 4 rings (SSSR count). The number of nitrogens with zero attached hydrogens (tertiary/aromatic N) is 3. The Hall–Kier alpha value is -2.63. The largest absolute Gasteiger partial charge is 0.367 e. The van der Waals surface area contributed by atoms with Gasteiger partial charge in [0.05, 0.1) is 0 Å². The Morgan fingerprint density at radius 2 is 2.11 bits per heavy atom. The Morgan fingerprint density at radius 3 is 2.93 bits per heavy atom. The van der Waals surface area contributed by atoms with Crippen molar-refractivity contribution in [3.05, 3.63) is 42.2 Å². The van der Waals surface area contributed by atoms with Crippen LogP contribution in [0.25, 0.3) is 0 Å². The number of hydrogen-bond acceptors (Lipinski definition) is 5. The van der Waals surface area contributed by atoms with Gasteiger partial charge in [-0.25, -0.2) is 9.97 Å². The molecule has 1 aromatic carbocycles. The Kier molecular flexibility index (Phi) is 5.74. The third-order valence-electron chi connectivity index (χ3n) is 5.51. The van der Waals surface area contributed by atoms with Gasteiger partial charge in [-0.2, -0.15) is 0 Å². The molecule has 1 atom stereocenters. The number of aromatic nitrogens is 2. The average Bonchev–Trinajstić information content (AvgIpc) is 3.51. The summed E-state index contributed by atoms with van der Waals surface area (Å²) < 4.78 is 0. The molecule has 28 heavy (non-hydrogen) atoms. The summed E-state index contributed by atoms with van der Waals surface area (Å²) in [4.78, 5) is 23.5. The number of piperidine rings is 1. The number of carbonyl (C=O) groups is 1. The molecule has 1 aliphatic heterocycles. The number of hydrogen-bond donors (Lipinski definition) is 2. The molecule has 148 valence electrons. The normalized spacial score (nSPS) is 19.3. The molecule has 0 radical (unpaired) electrons. The smallest absolute Gasteiger partial charge is 0.224 e. The van der Waals surface area contributed by atoms with E-state index in [1.807, 2.05) is 31.2 Å². The molecule has 0 bridgehead atoms. The summed E-state index contributed by atoms with van der Waals surface area (Å²) in [7, 11) is 0. The number of nitrogens with one attached hydrogen (secondary N) is 2. The second kappa shape index (κ2) is 8.59. The molecule has 1 unspecified atom stereocenters. The van der Waals surface area contributed by atoms with E-state index in [0.29, 0.717) is 18.4 Å². The van der Waals surface area contributed by atoms with E-state index >= 15 is 0 Å². The lowest BCUT2D eigenvalue weighted by Crippen LogP contribution is -2.36. The van der Waals surface area contributed by atoms with Crippen molar-refractivity contribution in [2.45, 2.75) is 51.5 Å². The van der Waals surface area contributed by atoms with Crippen molar-refractivity contribution in [2.24, 2.45) is 5.92 Å². The highest BCUT2D eigenvalue weighted by molar-refractivity contribution is 5.90. The van der Waals surface area contributed by atoms with Crippen molar-refractivity contribution in [3.63, 3.8) is 0 Å². The molecule has 1 aromatic heterocycles. The predicted molar refractivity (Wildman–Crippen MR) is 113 cm³/mol. The number of amides is 1. The first-order valence-electron chi connectivity index (χ1n) is 10.4. The van der Waals surface area contributed by atoms with Gasteiger partial charge in [0.25, 0.3) is 0 Å². The monoisotopic (exact) mass is 379 g/mol. The second-order valence-corrected chi connectivity index (χ2v) is 8.09. The molecule has 2 N–H and O–H groups in total. The van der Waals surface area contributed by atoms with E-state index in [2.05, 4.69) is 31.6 Å². The van der Waals surface area contributed by atoms with Gasteiger partial charge in [-0.15, -0.1) is 0 Å². The number of benzene rings is 1. The minimum atomic E-state index is 0.0979. The van der Waals surface area contributed by atoms with Crippen LogP contribution in [0.15, 0.2) is 36.7 Å². The Labute approximate surface area is 166 Å². The third kappa shape index (κ3) is 5.21. The number of anilines is 3. The van der Waals surface area contributed by atoms with Crippen molar-refractivity contribution in [3.8, 4) is 0 Å². The van der Waals surface area contributed by atoms with Crippen LogP contribution in [-0.2, 0) is 4.79 Å². The lowest BCUT2D eigenvalue weighted by molar-refractivity contribution is -0.116. The van der Waals surface area contributed by atoms with Crippen LogP contribution in [0.4, 0.5) is 17.3 Å². The quantitative estimate of drug-likeness (QED) is 0.761. The van der Waals surface area contributed by atoms with E-state index in [1.54, 1.807) is 6.33 Å². The van der Waals surface area contributed by atoms with Gasteiger partial charge in [0.15, 0.2) is 0 Å². The molecule has 2 aromatic rings. The van der Waals surface area contributed by atoms with E-state index < -0.39 is 0 Å². The van der Waals surface area contributed by atoms with Crippen molar-refractivity contribution >= 4 is 23.2 Å². The van der Waals surface area contributed by atoms with E-state index in [1.165, 1.54) is 19.3 Å². The predicted octanol–water partition coefficient (Wildman–Crippen LogP) is 3.99. The second-order valence-electron chi connectivity index (χ2n) is 8.09. The van der Waals surface area contributed by atoms with Gasteiger partial charge < -0.3 is 15.5 Å². The third-order valence-corrected chi connectivity index (χ3v) is 5.51. The number of rotatable bonds is 7. The zero-order valence-corrected chi connectivity index (χ0v) is 16.5. The van der Waals surface area contributed by atoms with Gasteiger partial charge in [-0.3, -0.25) is 4.79 Å². The standard InChI is InChI=1S/C22H29N5O/c1-16-4-2-6-19(12-16)26-22(28)10-7-17-5-3-11-27(14-17)21-13-20(23-15-24-21)25-18-8-9-18/h2,4,6,12-13,15,17-18H,3,5,7-11,14H2,1H3,(H,26,28)(H,23,24,25). The van der Waals surface area contributed by atoms with Crippen LogP contribution in [0.2, 0.25) is 0 Å². The summed E-state index contributed by atoms with van der Waals surface area (Å²) in [6.45, 7) is 4.01. The number of carbonyl (C=O) groups excluding carboxylic acids is 1. The van der Waals surface area contributed by atoms with E-state index in [4.69, 9.17) is 0 Å². The van der Waals surface area contributed by atoms with Crippen molar-refractivity contribution in [1.82, 2.24) is 9.97 Å². The Balaban J connectivity index is 1.28. The molecular weight excluding hydrogens is 350 g/mol.